The molecule has 0 radical (unpaired) electrons. The van der Waals surface area contributed by atoms with Crippen molar-refractivity contribution in [2.24, 2.45) is 11.7 Å². The minimum Gasteiger partial charge on any atom is -0.496 e. The molecule has 0 aromatic heterocycles. The Kier molecular flexibility index (Phi) is 4.25. The first-order chi connectivity index (χ1) is 9.52. The first-order valence-electron chi connectivity index (χ1n) is 6.66. The van der Waals surface area contributed by atoms with E-state index in [1.54, 1.807) is 7.11 Å². The van der Waals surface area contributed by atoms with Crippen molar-refractivity contribution in [3.05, 3.63) is 36.4 Å². The third kappa shape index (κ3) is 2.91. The van der Waals surface area contributed by atoms with Gasteiger partial charge in [-0.25, -0.2) is 0 Å². The lowest BCUT2D eigenvalue weighted by Crippen LogP contribution is -2.39. The van der Waals surface area contributed by atoms with Crippen LogP contribution in [0, 0.1) is 5.92 Å². The normalized spacial score (nSPS) is 12.4. The van der Waals surface area contributed by atoms with Crippen LogP contribution in [0.4, 0.5) is 5.69 Å². The number of benzene rings is 2. The van der Waals surface area contributed by atoms with Crippen molar-refractivity contribution in [2.75, 3.05) is 12.4 Å². The average Bonchev–Trinajstić information content (AvgIpc) is 2.45. The zero-order valence-electron chi connectivity index (χ0n) is 12.0. The maximum absolute atomic E-state index is 12.0. The number of fused-ring (bicyclic) bond motifs is 1. The molecule has 0 unspecified atom stereocenters. The molecule has 0 saturated carbocycles. The molecular weight excluding hydrogens is 252 g/mol. The molecule has 0 heterocycles. The summed E-state index contributed by atoms with van der Waals surface area (Å²) in [6.45, 7) is 3.84. The Hall–Kier alpha value is -2.07. The van der Waals surface area contributed by atoms with Gasteiger partial charge in [-0.2, -0.15) is 0 Å². The number of nitrogens with two attached hydrogens (primary N) is 1. The minimum absolute atomic E-state index is 0.0948. The predicted octanol–water partition coefficient (Wildman–Crippen LogP) is 2.77. The number of rotatable bonds is 4. The van der Waals surface area contributed by atoms with Gasteiger partial charge < -0.3 is 15.8 Å². The monoisotopic (exact) mass is 272 g/mol. The molecule has 0 saturated heterocycles. The van der Waals surface area contributed by atoms with Crippen molar-refractivity contribution < 1.29 is 9.53 Å². The first kappa shape index (κ1) is 14.3. The fraction of sp³-hybridized carbons (Fsp3) is 0.312. The summed E-state index contributed by atoms with van der Waals surface area (Å²) in [5.41, 5.74) is 6.54. The van der Waals surface area contributed by atoms with E-state index in [0.717, 1.165) is 16.5 Å². The van der Waals surface area contributed by atoms with Crippen molar-refractivity contribution >= 4 is 22.4 Å². The highest BCUT2D eigenvalue weighted by molar-refractivity contribution is 5.99. The number of hydrogen-bond donors (Lipinski definition) is 2. The maximum atomic E-state index is 12.0. The molecule has 3 N–H and O–H groups in total. The van der Waals surface area contributed by atoms with E-state index in [2.05, 4.69) is 5.32 Å². The molecular formula is C16H20N2O2. The largest absolute Gasteiger partial charge is 0.496 e. The molecule has 0 aliphatic carbocycles. The molecule has 1 amide bonds. The molecule has 0 aliphatic heterocycles. The quantitative estimate of drug-likeness (QED) is 0.899. The lowest BCUT2D eigenvalue weighted by atomic mass is 10.0. The number of methoxy groups -OCH3 is 1. The molecule has 0 aliphatic rings. The molecule has 4 heteroatoms. The summed E-state index contributed by atoms with van der Waals surface area (Å²) in [5, 5.41) is 4.88. The number of nitrogens with one attached hydrogen (secondary N) is 1. The fourth-order valence-corrected chi connectivity index (χ4v) is 2.04. The van der Waals surface area contributed by atoms with Crippen LogP contribution in [0.15, 0.2) is 36.4 Å². The predicted molar refractivity (Wildman–Crippen MR) is 81.9 cm³/mol. The summed E-state index contributed by atoms with van der Waals surface area (Å²) in [4.78, 5) is 12.0. The van der Waals surface area contributed by atoms with E-state index in [9.17, 15) is 4.79 Å². The zero-order valence-corrected chi connectivity index (χ0v) is 12.0. The molecule has 0 bridgehead atoms. The van der Waals surface area contributed by atoms with Gasteiger partial charge in [0.25, 0.3) is 0 Å². The van der Waals surface area contributed by atoms with E-state index < -0.39 is 6.04 Å². The van der Waals surface area contributed by atoms with Gasteiger partial charge in [0.1, 0.15) is 5.75 Å². The van der Waals surface area contributed by atoms with E-state index in [1.807, 2.05) is 50.2 Å². The molecule has 1 atom stereocenters. The number of anilines is 1. The maximum Gasteiger partial charge on any atom is 0.241 e. The van der Waals surface area contributed by atoms with E-state index in [0.29, 0.717) is 5.69 Å². The Morgan fingerprint density at radius 1 is 1.25 bits per heavy atom. The van der Waals surface area contributed by atoms with Crippen molar-refractivity contribution in [3.63, 3.8) is 0 Å². The molecule has 106 valence electrons. The van der Waals surface area contributed by atoms with Gasteiger partial charge in [0.15, 0.2) is 0 Å². The van der Waals surface area contributed by atoms with Gasteiger partial charge in [0.2, 0.25) is 5.91 Å². The summed E-state index contributed by atoms with van der Waals surface area (Å²) < 4.78 is 5.38. The number of carbonyl (C=O) groups is 1. The lowest BCUT2D eigenvalue weighted by Gasteiger charge is -2.16. The molecule has 0 spiro atoms. The van der Waals surface area contributed by atoms with Crippen LogP contribution in [0.3, 0.4) is 0 Å². The van der Waals surface area contributed by atoms with E-state index in [4.69, 9.17) is 10.5 Å². The Bertz CT molecular complexity index is 623. The summed E-state index contributed by atoms with van der Waals surface area (Å²) >= 11 is 0. The van der Waals surface area contributed by atoms with Gasteiger partial charge >= 0.3 is 0 Å². The van der Waals surface area contributed by atoms with Crippen LogP contribution in [-0.2, 0) is 4.79 Å². The number of ether oxygens (including phenoxy) is 1. The Morgan fingerprint density at radius 2 is 1.95 bits per heavy atom. The highest BCUT2D eigenvalue weighted by Crippen LogP contribution is 2.29. The molecule has 2 aromatic carbocycles. The Morgan fingerprint density at radius 3 is 2.60 bits per heavy atom. The van der Waals surface area contributed by atoms with Crippen LogP contribution in [0.25, 0.3) is 10.8 Å². The Labute approximate surface area is 118 Å². The number of amides is 1. The van der Waals surface area contributed by atoms with Crippen molar-refractivity contribution in [2.45, 2.75) is 19.9 Å². The molecule has 2 rings (SSSR count). The highest BCUT2D eigenvalue weighted by atomic mass is 16.5. The van der Waals surface area contributed by atoms with Gasteiger partial charge in [-0.05, 0) is 17.4 Å². The van der Waals surface area contributed by atoms with Crippen molar-refractivity contribution in [3.8, 4) is 5.75 Å². The van der Waals surface area contributed by atoms with Gasteiger partial charge in [-0.3, -0.25) is 4.79 Å². The van der Waals surface area contributed by atoms with Gasteiger partial charge in [0, 0.05) is 17.1 Å². The number of hydrogen-bond acceptors (Lipinski definition) is 3. The topological polar surface area (TPSA) is 64.3 Å². The second-order valence-electron chi connectivity index (χ2n) is 5.16. The molecule has 2 aromatic rings. The summed E-state index contributed by atoms with van der Waals surface area (Å²) in [6.07, 6.45) is 0. The van der Waals surface area contributed by atoms with E-state index in [-0.39, 0.29) is 11.8 Å². The van der Waals surface area contributed by atoms with Gasteiger partial charge in [-0.15, -0.1) is 0 Å². The van der Waals surface area contributed by atoms with Crippen LogP contribution in [0.2, 0.25) is 0 Å². The first-order valence-corrected chi connectivity index (χ1v) is 6.66. The summed E-state index contributed by atoms with van der Waals surface area (Å²) in [6, 6.07) is 11.1. The number of carbonyl (C=O) groups excluding carboxylic acids is 1. The smallest absolute Gasteiger partial charge is 0.241 e. The molecule has 20 heavy (non-hydrogen) atoms. The standard InChI is InChI=1S/C16H20N2O2/c1-10(2)15(17)16(19)18-12-8-11-6-4-5-7-13(11)14(9-12)20-3/h4-10,15H,17H2,1-3H3,(H,18,19)/t15-/m0/s1. The van der Waals surface area contributed by atoms with Crippen LogP contribution >= 0.6 is 0 Å². The van der Waals surface area contributed by atoms with Crippen LogP contribution in [-0.4, -0.2) is 19.1 Å². The van der Waals surface area contributed by atoms with E-state index in [1.165, 1.54) is 0 Å². The van der Waals surface area contributed by atoms with Crippen LogP contribution in [0.1, 0.15) is 13.8 Å². The fourth-order valence-electron chi connectivity index (χ4n) is 2.04. The minimum atomic E-state index is -0.521. The van der Waals surface area contributed by atoms with Crippen LogP contribution in [0.5, 0.6) is 5.75 Å². The third-order valence-electron chi connectivity index (χ3n) is 3.33. The van der Waals surface area contributed by atoms with Gasteiger partial charge in [-0.1, -0.05) is 38.1 Å². The van der Waals surface area contributed by atoms with Crippen LogP contribution < -0.4 is 15.8 Å². The second-order valence-corrected chi connectivity index (χ2v) is 5.16. The Balaban J connectivity index is 2.33. The lowest BCUT2D eigenvalue weighted by molar-refractivity contribution is -0.118. The zero-order chi connectivity index (χ0) is 14.7. The third-order valence-corrected chi connectivity index (χ3v) is 3.33. The van der Waals surface area contributed by atoms with Gasteiger partial charge in [0.05, 0.1) is 13.2 Å². The summed E-state index contributed by atoms with van der Waals surface area (Å²) in [7, 11) is 1.62. The second kappa shape index (κ2) is 5.92. The molecule has 0 fully saturated rings. The SMILES string of the molecule is COc1cc(NC(=O)[C@@H](N)C(C)C)cc2ccccc12. The molecule has 4 nitrogen and oxygen atoms in total. The highest BCUT2D eigenvalue weighted by Gasteiger charge is 2.17. The van der Waals surface area contributed by atoms with Crippen molar-refractivity contribution in [1.29, 1.82) is 0 Å². The average molecular weight is 272 g/mol. The summed E-state index contributed by atoms with van der Waals surface area (Å²) in [5.74, 6) is 0.645. The van der Waals surface area contributed by atoms with E-state index >= 15 is 0 Å². The van der Waals surface area contributed by atoms with Crippen molar-refractivity contribution in [1.82, 2.24) is 0 Å².